The van der Waals surface area contributed by atoms with Gasteiger partial charge in [0.1, 0.15) is 9.39 Å². The topological polar surface area (TPSA) is 50.2 Å². The van der Waals surface area contributed by atoms with E-state index in [9.17, 15) is 13.6 Å². The van der Waals surface area contributed by atoms with Gasteiger partial charge in [0.05, 0.1) is 5.56 Å². The Kier molecular flexibility index (Phi) is 3.12. The van der Waals surface area contributed by atoms with Crippen molar-refractivity contribution >= 4 is 28.6 Å². The minimum atomic E-state index is -2.67. The summed E-state index contributed by atoms with van der Waals surface area (Å²) in [4.78, 5) is 13.9. The highest BCUT2D eigenvalue weighted by Crippen LogP contribution is 2.19. The van der Waals surface area contributed by atoms with Crippen molar-refractivity contribution in [2.45, 2.75) is 6.43 Å². The molecule has 1 aromatic rings. The summed E-state index contributed by atoms with van der Waals surface area (Å²) >= 11 is 1.61. The zero-order chi connectivity index (χ0) is 10.0. The minimum Gasteiger partial charge on any atom is -0.478 e. The van der Waals surface area contributed by atoms with E-state index in [1.165, 1.54) is 0 Å². The molecule has 0 unspecified atom stereocenters. The molecule has 0 saturated carbocycles. The first kappa shape index (κ1) is 10.3. The fraction of sp³-hybridized carbons (Fsp3) is 0.143. The first-order chi connectivity index (χ1) is 6.02. The van der Waals surface area contributed by atoms with Crippen LogP contribution in [-0.2, 0) is 0 Å². The number of hydrogen-bond acceptors (Lipinski definition) is 2. The Labute approximate surface area is 85.9 Å². The van der Waals surface area contributed by atoms with Gasteiger partial charge in [-0.2, -0.15) is 0 Å². The lowest BCUT2D eigenvalue weighted by Crippen LogP contribution is -2.03. The van der Waals surface area contributed by atoms with Crippen LogP contribution >= 0.6 is 22.6 Å². The second-order valence-electron chi connectivity index (χ2n) is 2.18. The first-order valence-electron chi connectivity index (χ1n) is 3.20. The maximum absolute atomic E-state index is 12.1. The number of nitrogens with zero attached hydrogens (tertiary/aromatic N) is 1. The van der Waals surface area contributed by atoms with Gasteiger partial charge < -0.3 is 5.11 Å². The van der Waals surface area contributed by atoms with Crippen molar-refractivity contribution < 1.29 is 18.7 Å². The van der Waals surface area contributed by atoms with Gasteiger partial charge in [-0.25, -0.2) is 18.6 Å². The van der Waals surface area contributed by atoms with Gasteiger partial charge in [-0.3, -0.25) is 0 Å². The van der Waals surface area contributed by atoms with E-state index in [0.717, 1.165) is 12.1 Å². The molecule has 0 atom stereocenters. The molecule has 13 heavy (non-hydrogen) atoms. The summed E-state index contributed by atoms with van der Waals surface area (Å²) in [5, 5.41) is 8.56. The van der Waals surface area contributed by atoms with E-state index in [-0.39, 0.29) is 9.26 Å². The number of carbonyl (C=O) groups is 1. The third-order valence-electron chi connectivity index (χ3n) is 1.32. The molecule has 1 aromatic heterocycles. The van der Waals surface area contributed by atoms with Crippen molar-refractivity contribution in [3.63, 3.8) is 0 Å². The fourth-order valence-electron chi connectivity index (χ4n) is 0.729. The van der Waals surface area contributed by atoms with Gasteiger partial charge in [-0.05, 0) is 34.7 Å². The van der Waals surface area contributed by atoms with Crippen LogP contribution in [0.25, 0.3) is 0 Å². The molecule has 1 rings (SSSR count). The van der Waals surface area contributed by atoms with E-state index in [1.54, 1.807) is 22.6 Å². The van der Waals surface area contributed by atoms with Crippen LogP contribution in [0.2, 0.25) is 0 Å². The van der Waals surface area contributed by atoms with E-state index >= 15 is 0 Å². The summed E-state index contributed by atoms with van der Waals surface area (Å²) in [5.74, 6) is -1.17. The van der Waals surface area contributed by atoms with Crippen molar-refractivity contribution in [2.75, 3.05) is 0 Å². The molecule has 0 spiro atoms. The standard InChI is InChI=1S/C7H4F2INO2/c8-5(9)4-2-1-3(7(12)13)6(10)11-4/h1-2,5H,(H,12,13). The molecule has 0 fully saturated rings. The predicted molar refractivity (Wildman–Crippen MR) is 48.9 cm³/mol. The summed E-state index contributed by atoms with van der Waals surface area (Å²) < 4.78 is 24.2. The Morgan fingerprint density at radius 2 is 2.15 bits per heavy atom. The van der Waals surface area contributed by atoms with E-state index in [0.29, 0.717) is 0 Å². The number of aromatic carboxylic acids is 1. The van der Waals surface area contributed by atoms with Crippen molar-refractivity contribution in [1.29, 1.82) is 0 Å². The normalized spacial score (nSPS) is 10.5. The van der Waals surface area contributed by atoms with Crippen molar-refractivity contribution in [1.82, 2.24) is 4.98 Å². The third kappa shape index (κ3) is 2.33. The highest BCUT2D eigenvalue weighted by Gasteiger charge is 2.14. The largest absolute Gasteiger partial charge is 0.478 e. The lowest BCUT2D eigenvalue weighted by molar-refractivity contribution is 0.0694. The van der Waals surface area contributed by atoms with Gasteiger partial charge in [0.2, 0.25) is 0 Å². The fourth-order valence-corrected chi connectivity index (χ4v) is 1.42. The van der Waals surface area contributed by atoms with E-state index < -0.39 is 18.1 Å². The maximum atomic E-state index is 12.1. The SMILES string of the molecule is O=C(O)c1ccc(C(F)F)nc1I. The van der Waals surface area contributed by atoms with Crippen LogP contribution in [0.4, 0.5) is 8.78 Å². The molecule has 0 saturated heterocycles. The van der Waals surface area contributed by atoms with Crippen molar-refractivity contribution in [3.05, 3.63) is 27.1 Å². The van der Waals surface area contributed by atoms with Crippen LogP contribution in [0, 0.1) is 3.70 Å². The summed E-state index contributed by atoms with van der Waals surface area (Å²) in [7, 11) is 0. The van der Waals surface area contributed by atoms with Crippen LogP contribution in [0.5, 0.6) is 0 Å². The van der Waals surface area contributed by atoms with E-state index in [4.69, 9.17) is 5.11 Å². The molecular formula is C7H4F2INO2. The Bertz CT molecular complexity index is 343. The summed E-state index contributed by atoms with van der Waals surface area (Å²) in [6, 6.07) is 2.13. The summed E-state index contributed by atoms with van der Waals surface area (Å²) in [6.07, 6.45) is -2.67. The molecular weight excluding hydrogens is 295 g/mol. The van der Waals surface area contributed by atoms with Crippen LogP contribution in [0.15, 0.2) is 12.1 Å². The number of pyridine rings is 1. The number of aromatic nitrogens is 1. The molecule has 6 heteroatoms. The van der Waals surface area contributed by atoms with Crippen LogP contribution in [0.1, 0.15) is 22.5 Å². The van der Waals surface area contributed by atoms with Gasteiger partial charge in [0.25, 0.3) is 6.43 Å². The second kappa shape index (κ2) is 3.95. The zero-order valence-corrected chi connectivity index (χ0v) is 8.33. The third-order valence-corrected chi connectivity index (χ3v) is 2.15. The average Bonchev–Trinajstić information content (AvgIpc) is 2.03. The van der Waals surface area contributed by atoms with E-state index in [2.05, 4.69) is 4.98 Å². The first-order valence-corrected chi connectivity index (χ1v) is 4.28. The molecule has 0 radical (unpaired) electrons. The molecule has 0 aliphatic heterocycles. The molecule has 0 aromatic carbocycles. The number of halogens is 3. The zero-order valence-electron chi connectivity index (χ0n) is 6.17. The Balaban J connectivity index is 3.13. The van der Waals surface area contributed by atoms with Crippen LogP contribution in [0.3, 0.4) is 0 Å². The minimum absolute atomic E-state index is 0.0648. The highest BCUT2D eigenvalue weighted by molar-refractivity contribution is 14.1. The number of carboxylic acid groups (broad SMARTS) is 1. The van der Waals surface area contributed by atoms with Gasteiger partial charge in [-0.15, -0.1) is 0 Å². The molecule has 0 bridgehead atoms. The Morgan fingerprint density at radius 1 is 1.54 bits per heavy atom. The second-order valence-corrected chi connectivity index (χ2v) is 3.20. The summed E-state index contributed by atoms with van der Waals surface area (Å²) in [6.45, 7) is 0. The Morgan fingerprint density at radius 3 is 2.54 bits per heavy atom. The molecule has 1 heterocycles. The van der Waals surface area contributed by atoms with Crippen LogP contribution in [-0.4, -0.2) is 16.1 Å². The van der Waals surface area contributed by atoms with Gasteiger partial charge in [-0.1, -0.05) is 0 Å². The van der Waals surface area contributed by atoms with Gasteiger partial charge >= 0.3 is 5.97 Å². The van der Waals surface area contributed by atoms with Crippen molar-refractivity contribution in [3.8, 4) is 0 Å². The molecule has 0 aliphatic rings. The maximum Gasteiger partial charge on any atom is 0.338 e. The number of rotatable bonds is 2. The Hall–Kier alpha value is -0.790. The monoisotopic (exact) mass is 299 g/mol. The molecule has 0 amide bonds. The quantitative estimate of drug-likeness (QED) is 0.673. The van der Waals surface area contributed by atoms with Crippen LogP contribution < -0.4 is 0 Å². The van der Waals surface area contributed by atoms with Crippen molar-refractivity contribution in [2.24, 2.45) is 0 Å². The smallest absolute Gasteiger partial charge is 0.338 e. The molecule has 1 N–H and O–H groups in total. The predicted octanol–water partition coefficient (Wildman–Crippen LogP) is 2.32. The highest BCUT2D eigenvalue weighted by atomic mass is 127. The lowest BCUT2D eigenvalue weighted by atomic mass is 10.2. The molecule has 70 valence electrons. The average molecular weight is 299 g/mol. The van der Waals surface area contributed by atoms with Gasteiger partial charge in [0, 0.05) is 0 Å². The van der Waals surface area contributed by atoms with Gasteiger partial charge in [0.15, 0.2) is 0 Å². The lowest BCUT2D eigenvalue weighted by Gasteiger charge is -2.01. The number of alkyl halides is 2. The number of hydrogen-bond donors (Lipinski definition) is 1. The number of carboxylic acids is 1. The summed E-state index contributed by atoms with van der Waals surface area (Å²) in [5.41, 5.74) is -0.473. The molecule has 0 aliphatic carbocycles. The molecule has 3 nitrogen and oxygen atoms in total. The van der Waals surface area contributed by atoms with E-state index in [1.807, 2.05) is 0 Å².